The van der Waals surface area contributed by atoms with Gasteiger partial charge in [-0.3, -0.25) is 15.0 Å². The Kier molecular flexibility index (Phi) is 25.5. The van der Waals surface area contributed by atoms with Crippen LogP contribution < -0.4 is 5.32 Å². The number of aromatic nitrogens is 7. The predicted octanol–water partition coefficient (Wildman–Crippen LogP) is 15.4. The fraction of sp³-hybridized carbons (Fsp3) is 0.561. The van der Waals surface area contributed by atoms with Crippen molar-refractivity contribution >= 4 is 11.8 Å². The molecule has 0 fully saturated rings. The van der Waals surface area contributed by atoms with Gasteiger partial charge in [0.15, 0.2) is 0 Å². The summed E-state index contributed by atoms with van der Waals surface area (Å²) >= 11 is 1.86. The molecule has 66 heavy (non-hydrogen) atoms. The fourth-order valence-corrected chi connectivity index (χ4v) is 5.94. The first-order chi connectivity index (χ1) is 30.1. The molecule has 1 aliphatic rings. The minimum atomic E-state index is 0.112. The van der Waals surface area contributed by atoms with E-state index >= 15 is 0 Å². The van der Waals surface area contributed by atoms with Crippen LogP contribution in [-0.4, -0.2) is 40.5 Å². The fourth-order valence-electron chi connectivity index (χ4n) is 5.06. The van der Waals surface area contributed by atoms with Gasteiger partial charge in [0.25, 0.3) is 0 Å². The van der Waals surface area contributed by atoms with E-state index in [1.54, 1.807) is 6.20 Å². The average molecular weight is 921 g/mol. The molecule has 1 aromatic carbocycles. The summed E-state index contributed by atoms with van der Waals surface area (Å²) in [4.78, 5) is 21.0. The van der Waals surface area contributed by atoms with Crippen molar-refractivity contribution in [2.45, 2.75) is 206 Å². The highest BCUT2D eigenvalue weighted by molar-refractivity contribution is 8.02. The maximum Gasteiger partial charge on any atom is 0.125 e. The highest BCUT2D eigenvalue weighted by Gasteiger charge is 2.25. The lowest BCUT2D eigenvalue weighted by Gasteiger charge is -2.25. The Morgan fingerprint density at radius 1 is 0.409 bits per heavy atom. The summed E-state index contributed by atoms with van der Waals surface area (Å²) in [6, 6.07) is 17.0. The number of aryl methyl sites for hydroxylation is 5. The van der Waals surface area contributed by atoms with Crippen molar-refractivity contribution in [1.82, 2.24) is 40.4 Å². The van der Waals surface area contributed by atoms with Gasteiger partial charge in [0, 0.05) is 53.7 Å². The van der Waals surface area contributed by atoms with Crippen LogP contribution in [0.25, 0.3) is 0 Å². The molecule has 8 nitrogen and oxygen atoms in total. The summed E-state index contributed by atoms with van der Waals surface area (Å²) in [5.41, 5.74) is 11.6. The molecule has 1 N–H and O–H groups in total. The molecule has 0 bridgehead atoms. The normalized spacial score (nSPS) is 13.4. The molecule has 6 rings (SSSR count). The van der Waals surface area contributed by atoms with E-state index in [9.17, 15) is 0 Å². The smallest absolute Gasteiger partial charge is 0.125 e. The molecule has 9 heteroatoms. The van der Waals surface area contributed by atoms with Crippen molar-refractivity contribution in [3.8, 4) is 0 Å². The summed E-state index contributed by atoms with van der Waals surface area (Å²) in [5.74, 6) is 0.831. The van der Waals surface area contributed by atoms with Crippen molar-refractivity contribution in [2.75, 3.05) is 0 Å². The SMILES string of the molecule is CC.CC(C)(C)C1NC=CS1.Cc1ccc(C(C)(C)C)cc1.Cc1ccc(C(C)(C)C)cn1.Cc1ccc(C(C)(C)C)nn1.Cc1cnc(C(C)(C)C)cn1.Cc1ncc(C(C)(C)C)cn1. The summed E-state index contributed by atoms with van der Waals surface area (Å²) in [6.45, 7) is 53.2. The molecule has 4 aromatic heterocycles. The minimum Gasteiger partial charge on any atom is -0.378 e. The van der Waals surface area contributed by atoms with Gasteiger partial charge in [0.2, 0.25) is 0 Å². The molecule has 1 atom stereocenters. The Labute approximate surface area is 409 Å². The van der Waals surface area contributed by atoms with Crippen LogP contribution in [0.1, 0.15) is 195 Å². The third-order valence-corrected chi connectivity index (χ3v) is 11.2. The second-order valence-electron chi connectivity index (χ2n) is 22.8. The zero-order chi connectivity index (χ0) is 51.3. The number of nitrogens with one attached hydrogen (secondary N) is 1. The van der Waals surface area contributed by atoms with E-state index in [4.69, 9.17) is 0 Å². The lowest BCUT2D eigenvalue weighted by molar-refractivity contribution is 0.376. The number of thioether (sulfide) groups is 1. The molecule has 0 amide bonds. The molecule has 0 aliphatic carbocycles. The molecule has 366 valence electrons. The van der Waals surface area contributed by atoms with E-state index in [-0.39, 0.29) is 27.1 Å². The number of hydrogen-bond donors (Lipinski definition) is 1. The minimum absolute atomic E-state index is 0.112. The number of pyridine rings is 1. The molecular weight excluding hydrogens is 829 g/mol. The quantitative estimate of drug-likeness (QED) is 0.163. The van der Waals surface area contributed by atoms with Crippen LogP contribution in [0, 0.1) is 40.0 Å². The predicted molar refractivity (Wildman–Crippen MR) is 288 cm³/mol. The van der Waals surface area contributed by atoms with Crippen LogP contribution in [0.2, 0.25) is 0 Å². The zero-order valence-electron chi connectivity index (χ0n) is 46.3. The molecule has 0 saturated heterocycles. The van der Waals surface area contributed by atoms with Crippen molar-refractivity contribution < 1.29 is 0 Å². The van der Waals surface area contributed by atoms with Crippen LogP contribution in [0.15, 0.2) is 91.1 Å². The second kappa shape index (κ2) is 27.3. The van der Waals surface area contributed by atoms with Crippen LogP contribution in [-0.2, 0) is 27.1 Å². The Hall–Kier alpha value is -4.50. The van der Waals surface area contributed by atoms with Crippen molar-refractivity contribution in [3.05, 3.63) is 148 Å². The highest BCUT2D eigenvalue weighted by atomic mass is 32.2. The van der Waals surface area contributed by atoms with Crippen molar-refractivity contribution in [3.63, 3.8) is 0 Å². The number of nitrogens with zero attached hydrogens (tertiary/aromatic N) is 7. The number of benzene rings is 1. The van der Waals surface area contributed by atoms with Crippen LogP contribution in [0.3, 0.4) is 0 Å². The Balaban J connectivity index is 0.000000763. The topological polar surface area (TPSA) is 102 Å². The second-order valence-corrected chi connectivity index (χ2v) is 23.8. The van der Waals surface area contributed by atoms with Gasteiger partial charge in [-0.15, -0.1) is 11.8 Å². The molecule has 0 spiro atoms. The Bertz CT molecular complexity index is 1740. The first-order valence-electron chi connectivity index (χ1n) is 23.6. The number of hydrogen-bond acceptors (Lipinski definition) is 9. The molecule has 1 aliphatic heterocycles. The van der Waals surface area contributed by atoms with Gasteiger partial charge in [0.05, 0.1) is 28.1 Å². The zero-order valence-corrected chi connectivity index (χ0v) is 47.1. The Morgan fingerprint density at radius 2 is 0.864 bits per heavy atom. The van der Waals surface area contributed by atoms with Gasteiger partial charge in [-0.25, -0.2) is 9.97 Å². The van der Waals surface area contributed by atoms with E-state index in [0.717, 1.165) is 34.3 Å². The van der Waals surface area contributed by atoms with Gasteiger partial charge >= 0.3 is 0 Å². The molecule has 0 radical (unpaired) electrons. The standard InChI is InChI=1S/C11H16.C10H15N.3C9H14N2.C7H13NS.C2H6/c1-9-5-7-10(8-6-9)11(2,3)4;1-8-5-6-9(7-11-8)10(2,3)4;1-7-10-5-8(6-11-7)9(2,3)4;1-7-5-11-8(6-10-7)9(2,3)4;1-7-5-6-8(11-10-7)9(2,3)4;1-7(2,3)6-8-4-5-9-6;1-2/h5-8H,1-4H3;5-7H,1-4H3;3*5-6H,1-4H3;4-6,8H,1-3H3;1-2H3. The summed E-state index contributed by atoms with van der Waals surface area (Å²) in [6.07, 6.45) is 11.4. The molecule has 0 saturated carbocycles. The van der Waals surface area contributed by atoms with Crippen LogP contribution in [0.4, 0.5) is 0 Å². The van der Waals surface area contributed by atoms with E-state index in [1.165, 1.54) is 22.3 Å². The summed E-state index contributed by atoms with van der Waals surface area (Å²) in [5, 5.41) is 14.0. The van der Waals surface area contributed by atoms with E-state index < -0.39 is 0 Å². The average Bonchev–Trinajstić information content (AvgIpc) is 3.76. The maximum atomic E-state index is 4.29. The van der Waals surface area contributed by atoms with Crippen LogP contribution in [0.5, 0.6) is 0 Å². The summed E-state index contributed by atoms with van der Waals surface area (Å²) in [7, 11) is 0. The Morgan fingerprint density at radius 3 is 1.20 bits per heavy atom. The molecule has 5 heterocycles. The largest absolute Gasteiger partial charge is 0.378 e. The third kappa shape index (κ3) is 26.0. The molecular formula is C57H92N8S. The van der Waals surface area contributed by atoms with Gasteiger partial charge in [-0.2, -0.15) is 10.2 Å². The van der Waals surface area contributed by atoms with E-state index in [0.29, 0.717) is 10.8 Å². The first kappa shape index (κ1) is 61.5. The van der Waals surface area contributed by atoms with E-state index in [1.807, 2.05) is 96.4 Å². The summed E-state index contributed by atoms with van der Waals surface area (Å²) < 4.78 is 0. The molecule has 1 unspecified atom stereocenters. The number of rotatable bonds is 0. The van der Waals surface area contributed by atoms with E-state index in [2.05, 4.69) is 214 Å². The third-order valence-electron chi connectivity index (χ3n) is 9.77. The van der Waals surface area contributed by atoms with Crippen molar-refractivity contribution in [1.29, 1.82) is 0 Å². The lowest BCUT2D eigenvalue weighted by Crippen LogP contribution is -2.31. The highest BCUT2D eigenvalue weighted by Crippen LogP contribution is 2.31. The maximum absolute atomic E-state index is 4.29. The molecule has 5 aromatic rings. The van der Waals surface area contributed by atoms with Gasteiger partial charge < -0.3 is 5.32 Å². The van der Waals surface area contributed by atoms with Gasteiger partial charge in [-0.1, -0.05) is 174 Å². The van der Waals surface area contributed by atoms with Gasteiger partial charge in [0.1, 0.15) is 5.82 Å². The van der Waals surface area contributed by atoms with Gasteiger partial charge in [-0.05, 0) is 96.6 Å². The first-order valence-corrected chi connectivity index (χ1v) is 24.5. The van der Waals surface area contributed by atoms with Crippen molar-refractivity contribution in [2.24, 2.45) is 5.41 Å². The monoisotopic (exact) mass is 921 g/mol. The lowest BCUT2D eigenvalue weighted by atomic mass is 9.87. The van der Waals surface area contributed by atoms with Crippen LogP contribution >= 0.6 is 11.8 Å².